The number of hydrogen-bond acceptors (Lipinski definition) is 4. The number of nitrogens with zero attached hydrogens (tertiary/aromatic N) is 2. The Morgan fingerprint density at radius 2 is 1.73 bits per heavy atom. The summed E-state index contributed by atoms with van der Waals surface area (Å²) in [5, 5.41) is 3.34. The maximum atomic E-state index is 13.1. The predicted octanol–water partition coefficient (Wildman–Crippen LogP) is 3.16. The standard InChI is InChI=1S/C22H26ClN3O3S/c1-16(22(27)24-21-8-3-2-7-20(21)23)25-11-13-26(14-12-25)30(28,29)19-10-9-17-5-4-6-18(17)15-19/h2-3,7-10,15-16H,4-6,11-14H2,1H3,(H,24,27)/t16-/m1/s1. The number of nitrogens with one attached hydrogen (secondary N) is 1. The van der Waals surface area contributed by atoms with Crippen LogP contribution in [0, 0.1) is 0 Å². The van der Waals surface area contributed by atoms with Crippen molar-refractivity contribution in [2.24, 2.45) is 0 Å². The number of halogens is 1. The van der Waals surface area contributed by atoms with Gasteiger partial charge >= 0.3 is 0 Å². The molecule has 0 aromatic heterocycles. The normalized spacial score (nSPS) is 18.7. The van der Waals surface area contributed by atoms with Crippen molar-refractivity contribution >= 4 is 33.2 Å². The third-order valence-corrected chi connectivity index (χ3v) is 8.26. The third-order valence-electron chi connectivity index (χ3n) is 6.04. The molecule has 8 heteroatoms. The van der Waals surface area contributed by atoms with Crippen LogP contribution in [-0.2, 0) is 27.7 Å². The summed E-state index contributed by atoms with van der Waals surface area (Å²) in [6.07, 6.45) is 3.07. The molecule has 0 bridgehead atoms. The van der Waals surface area contributed by atoms with E-state index in [1.54, 1.807) is 18.2 Å². The van der Waals surface area contributed by atoms with Gasteiger partial charge < -0.3 is 5.32 Å². The summed E-state index contributed by atoms with van der Waals surface area (Å²) in [6.45, 7) is 3.56. The van der Waals surface area contributed by atoms with Gasteiger partial charge in [-0.25, -0.2) is 8.42 Å². The van der Waals surface area contributed by atoms with Crippen LogP contribution in [0.3, 0.4) is 0 Å². The number of anilines is 1. The van der Waals surface area contributed by atoms with E-state index >= 15 is 0 Å². The quantitative estimate of drug-likeness (QED) is 0.764. The number of benzene rings is 2. The Morgan fingerprint density at radius 3 is 2.47 bits per heavy atom. The second-order valence-electron chi connectivity index (χ2n) is 7.87. The largest absolute Gasteiger partial charge is 0.323 e. The van der Waals surface area contributed by atoms with Crippen molar-refractivity contribution in [3.05, 3.63) is 58.6 Å². The second-order valence-corrected chi connectivity index (χ2v) is 10.2. The van der Waals surface area contributed by atoms with Gasteiger partial charge in [-0.3, -0.25) is 9.69 Å². The number of sulfonamides is 1. The summed E-state index contributed by atoms with van der Waals surface area (Å²) in [5.74, 6) is -0.155. The van der Waals surface area contributed by atoms with Gasteiger partial charge in [-0.05, 0) is 61.6 Å². The number of rotatable bonds is 5. The van der Waals surface area contributed by atoms with Crippen LogP contribution in [0.25, 0.3) is 0 Å². The summed E-state index contributed by atoms with van der Waals surface area (Å²) < 4.78 is 27.7. The first-order valence-corrected chi connectivity index (χ1v) is 12.1. The van der Waals surface area contributed by atoms with Crippen molar-refractivity contribution in [1.29, 1.82) is 0 Å². The number of aryl methyl sites for hydroxylation is 2. The van der Waals surface area contributed by atoms with Crippen LogP contribution < -0.4 is 5.32 Å². The van der Waals surface area contributed by atoms with E-state index in [1.165, 1.54) is 9.87 Å². The SMILES string of the molecule is C[C@H](C(=O)Nc1ccccc1Cl)N1CCN(S(=O)(=O)c2ccc3c(c2)CCC3)CC1. The lowest BCUT2D eigenvalue weighted by Crippen LogP contribution is -2.53. The highest BCUT2D eigenvalue weighted by atomic mass is 35.5. The number of hydrogen-bond donors (Lipinski definition) is 1. The smallest absolute Gasteiger partial charge is 0.243 e. The molecule has 160 valence electrons. The van der Waals surface area contributed by atoms with Crippen molar-refractivity contribution in [3.8, 4) is 0 Å². The zero-order valence-corrected chi connectivity index (χ0v) is 18.5. The van der Waals surface area contributed by atoms with E-state index in [1.807, 2.05) is 36.1 Å². The molecule has 6 nitrogen and oxygen atoms in total. The Morgan fingerprint density at radius 1 is 1.03 bits per heavy atom. The molecule has 1 fully saturated rings. The average molecular weight is 448 g/mol. The van der Waals surface area contributed by atoms with Crippen molar-refractivity contribution in [2.75, 3.05) is 31.5 Å². The third kappa shape index (κ3) is 4.25. The Kier molecular flexibility index (Phi) is 6.16. The van der Waals surface area contributed by atoms with Gasteiger partial charge in [0.2, 0.25) is 15.9 Å². The van der Waals surface area contributed by atoms with Crippen molar-refractivity contribution < 1.29 is 13.2 Å². The monoisotopic (exact) mass is 447 g/mol. The molecular weight excluding hydrogens is 422 g/mol. The molecule has 1 atom stereocenters. The summed E-state index contributed by atoms with van der Waals surface area (Å²) in [7, 11) is -3.52. The van der Waals surface area contributed by atoms with E-state index in [2.05, 4.69) is 5.32 Å². The Balaban J connectivity index is 1.38. The van der Waals surface area contributed by atoms with Gasteiger partial charge in [0.15, 0.2) is 0 Å². The van der Waals surface area contributed by atoms with Gasteiger partial charge in [0, 0.05) is 26.2 Å². The first kappa shape index (κ1) is 21.3. The second kappa shape index (κ2) is 8.67. The molecule has 1 aliphatic carbocycles. The molecule has 1 saturated heterocycles. The maximum Gasteiger partial charge on any atom is 0.243 e. The number of fused-ring (bicyclic) bond motifs is 1. The number of piperazine rings is 1. The lowest BCUT2D eigenvalue weighted by atomic mass is 10.1. The van der Waals surface area contributed by atoms with Gasteiger partial charge in [-0.1, -0.05) is 29.8 Å². The number of para-hydroxylation sites is 1. The highest BCUT2D eigenvalue weighted by Gasteiger charge is 2.32. The molecule has 2 aliphatic rings. The summed E-state index contributed by atoms with van der Waals surface area (Å²) in [6, 6.07) is 12.2. The molecule has 2 aromatic carbocycles. The topological polar surface area (TPSA) is 69.7 Å². The molecule has 1 N–H and O–H groups in total. The van der Waals surface area contributed by atoms with Gasteiger partial charge in [-0.2, -0.15) is 4.31 Å². The molecule has 4 rings (SSSR count). The summed E-state index contributed by atoms with van der Waals surface area (Å²) in [5.41, 5.74) is 2.99. The molecule has 0 radical (unpaired) electrons. The maximum absolute atomic E-state index is 13.1. The van der Waals surface area contributed by atoms with E-state index < -0.39 is 10.0 Å². The minimum absolute atomic E-state index is 0.155. The molecule has 2 aromatic rings. The van der Waals surface area contributed by atoms with Crippen molar-refractivity contribution in [3.63, 3.8) is 0 Å². The lowest BCUT2D eigenvalue weighted by molar-refractivity contribution is -0.121. The van der Waals surface area contributed by atoms with Gasteiger partial charge in [0.25, 0.3) is 0 Å². The molecular formula is C22H26ClN3O3S. The molecule has 0 saturated carbocycles. The van der Waals surface area contributed by atoms with Gasteiger partial charge in [0.1, 0.15) is 0 Å². The molecule has 1 amide bonds. The Hall–Kier alpha value is -1.93. The van der Waals surface area contributed by atoms with Crippen LogP contribution in [0.1, 0.15) is 24.5 Å². The zero-order chi connectivity index (χ0) is 21.3. The summed E-state index contributed by atoms with van der Waals surface area (Å²) >= 11 is 6.12. The van der Waals surface area contributed by atoms with Crippen LogP contribution in [-0.4, -0.2) is 55.8 Å². The van der Waals surface area contributed by atoms with Crippen molar-refractivity contribution in [1.82, 2.24) is 9.21 Å². The molecule has 1 heterocycles. The minimum atomic E-state index is -3.52. The molecule has 30 heavy (non-hydrogen) atoms. The van der Waals surface area contributed by atoms with E-state index in [0.29, 0.717) is 41.8 Å². The fourth-order valence-electron chi connectivity index (χ4n) is 4.15. The zero-order valence-electron chi connectivity index (χ0n) is 17.0. The fourth-order valence-corrected chi connectivity index (χ4v) is 5.81. The van der Waals surface area contributed by atoms with Crippen LogP contribution in [0.4, 0.5) is 5.69 Å². The highest BCUT2D eigenvalue weighted by molar-refractivity contribution is 7.89. The molecule has 0 unspecified atom stereocenters. The van der Waals surface area contributed by atoms with Crippen LogP contribution in [0.2, 0.25) is 5.02 Å². The van der Waals surface area contributed by atoms with Crippen LogP contribution in [0.5, 0.6) is 0 Å². The minimum Gasteiger partial charge on any atom is -0.323 e. The van der Waals surface area contributed by atoms with Gasteiger partial charge in [0.05, 0.1) is 21.6 Å². The number of carbonyl (C=O) groups is 1. The predicted molar refractivity (Wildman–Crippen MR) is 118 cm³/mol. The molecule has 0 spiro atoms. The number of amides is 1. The summed E-state index contributed by atoms with van der Waals surface area (Å²) in [4.78, 5) is 15.0. The lowest BCUT2D eigenvalue weighted by Gasteiger charge is -2.36. The van der Waals surface area contributed by atoms with E-state index in [0.717, 1.165) is 24.8 Å². The number of carbonyl (C=O) groups excluding carboxylic acids is 1. The first-order valence-electron chi connectivity index (χ1n) is 10.3. The Labute approximate surface area is 182 Å². The fraction of sp³-hybridized carbons (Fsp3) is 0.409. The van der Waals surface area contributed by atoms with E-state index in [9.17, 15) is 13.2 Å². The average Bonchev–Trinajstić information content (AvgIpc) is 3.23. The first-order chi connectivity index (χ1) is 14.4. The highest BCUT2D eigenvalue weighted by Crippen LogP contribution is 2.27. The van der Waals surface area contributed by atoms with Gasteiger partial charge in [-0.15, -0.1) is 0 Å². The van der Waals surface area contributed by atoms with E-state index in [4.69, 9.17) is 11.6 Å². The molecule has 1 aliphatic heterocycles. The van der Waals surface area contributed by atoms with Crippen LogP contribution >= 0.6 is 11.6 Å². The van der Waals surface area contributed by atoms with E-state index in [-0.39, 0.29) is 11.9 Å². The Bertz CT molecular complexity index is 1050. The van der Waals surface area contributed by atoms with Crippen LogP contribution in [0.15, 0.2) is 47.4 Å². The van der Waals surface area contributed by atoms with Crippen molar-refractivity contribution in [2.45, 2.75) is 37.1 Å².